The molecule has 1 heterocycles. The fourth-order valence-electron chi connectivity index (χ4n) is 1.88. The Morgan fingerprint density at radius 2 is 2.05 bits per heavy atom. The van der Waals surface area contributed by atoms with Gasteiger partial charge in [-0.05, 0) is 18.4 Å². The number of rotatable bonds is 4. The smallest absolute Gasteiger partial charge is 0.684 e. The third kappa shape index (κ3) is 4.30. The molecule has 8 heteroatoms. The van der Waals surface area contributed by atoms with Crippen molar-refractivity contribution in [1.82, 2.24) is 5.32 Å². The molecule has 1 saturated heterocycles. The Balaban J connectivity index is 0.00000242. The Labute approximate surface area is 142 Å². The first-order chi connectivity index (χ1) is 10.0. The molecule has 3 amide bonds. The molecule has 1 aromatic rings. The number of piperidine rings is 1. The van der Waals surface area contributed by atoms with Crippen LogP contribution in [0.2, 0.25) is 0 Å². The van der Waals surface area contributed by atoms with Crippen LogP contribution in [0.4, 0.5) is 0 Å². The fraction of sp³-hybridized carbons (Fsp3) is 0.357. The summed E-state index contributed by atoms with van der Waals surface area (Å²) >= 11 is 0. The van der Waals surface area contributed by atoms with Gasteiger partial charge in [-0.15, -0.1) is 11.6 Å². The molecule has 116 valence electrons. The first-order valence-electron chi connectivity index (χ1n) is 6.27. The second-order valence-electron chi connectivity index (χ2n) is 4.40. The molecular weight excluding hydrogens is 460 g/mol. The van der Waals surface area contributed by atoms with E-state index in [2.05, 4.69) is 16.7 Å². The second-order valence-corrected chi connectivity index (χ2v) is 4.40. The predicted molar refractivity (Wildman–Crippen MR) is 72.2 cm³/mol. The van der Waals surface area contributed by atoms with Crippen LogP contribution in [0.5, 0.6) is 11.5 Å². The number of nitrogens with zero attached hydrogens (tertiary/aromatic N) is 1. The largest absolute Gasteiger partial charge is 2.00 e. The van der Waals surface area contributed by atoms with E-state index in [4.69, 9.17) is 9.47 Å². The first kappa shape index (κ1) is 18.2. The molecular formula is C14H14N2O5W. The Hall–Kier alpha value is -1.88. The quantitative estimate of drug-likeness (QED) is 0.516. The van der Waals surface area contributed by atoms with Crippen LogP contribution in [-0.2, 0) is 30.7 Å². The summed E-state index contributed by atoms with van der Waals surface area (Å²) in [7, 11) is 2.90. The summed E-state index contributed by atoms with van der Waals surface area (Å²) in [6.07, 6.45) is 0.385. The van der Waals surface area contributed by atoms with Gasteiger partial charge in [0.25, 0.3) is 0 Å². The maximum absolute atomic E-state index is 12.1. The van der Waals surface area contributed by atoms with Gasteiger partial charge >= 0.3 is 21.1 Å². The molecule has 0 aromatic heterocycles. The van der Waals surface area contributed by atoms with Gasteiger partial charge in [-0.25, -0.2) is 0 Å². The molecule has 0 aliphatic carbocycles. The first-order valence-corrected chi connectivity index (χ1v) is 6.27. The third-order valence-electron chi connectivity index (χ3n) is 2.99. The normalized spacial score (nSPS) is 17.1. The molecule has 1 aliphatic heterocycles. The van der Waals surface area contributed by atoms with Crippen molar-refractivity contribution in [3.05, 3.63) is 29.1 Å². The number of methoxy groups -OCH3 is 2. The van der Waals surface area contributed by atoms with Crippen molar-refractivity contribution >= 4 is 17.7 Å². The van der Waals surface area contributed by atoms with Crippen LogP contribution in [0.1, 0.15) is 23.2 Å². The zero-order valence-electron chi connectivity index (χ0n) is 12.0. The van der Waals surface area contributed by atoms with Crippen LogP contribution >= 0.6 is 0 Å². The standard InChI is InChI=1S/C14H15N2O5.W/c1-20-9-5-8(6-10(7-9)21-2)13(18)15-11-3-4-12(17)16-14(11)19;/h5,7,11H,3-4H2,1-2H3,(H2,15,16,17,18,19);/q-1;+2/p-1. The summed E-state index contributed by atoms with van der Waals surface area (Å²) < 4.78 is 10.1. The third-order valence-corrected chi connectivity index (χ3v) is 2.99. The minimum atomic E-state index is -0.860. The predicted octanol–water partition coefficient (Wildman–Crippen LogP) is 0.821. The van der Waals surface area contributed by atoms with E-state index < -0.39 is 17.9 Å². The van der Waals surface area contributed by atoms with Crippen molar-refractivity contribution in [3.63, 3.8) is 0 Å². The topological polar surface area (TPSA) is 95.8 Å². The molecule has 1 atom stereocenters. The van der Waals surface area contributed by atoms with Crippen LogP contribution < -0.4 is 14.8 Å². The van der Waals surface area contributed by atoms with E-state index in [1.54, 1.807) is 6.07 Å². The summed E-state index contributed by atoms with van der Waals surface area (Å²) in [5, 5.41) is 5.97. The van der Waals surface area contributed by atoms with Gasteiger partial charge in [0.1, 0.15) is 0 Å². The van der Waals surface area contributed by atoms with Crippen LogP contribution in [0.3, 0.4) is 0 Å². The SMILES string of the molecule is COc1[c-]c(C(=O)[N-]C2CCC(=O)NC2=O)cc(OC)c1.[W+2]. The van der Waals surface area contributed by atoms with Crippen LogP contribution in [0, 0.1) is 6.07 Å². The number of hydrogen-bond donors (Lipinski definition) is 1. The number of hydrogen-bond acceptors (Lipinski definition) is 5. The maximum atomic E-state index is 12.1. The molecule has 0 bridgehead atoms. The Bertz CT molecular complexity index is 568. The number of benzene rings is 1. The van der Waals surface area contributed by atoms with Gasteiger partial charge in [0.2, 0.25) is 11.8 Å². The number of imide groups is 1. The zero-order valence-corrected chi connectivity index (χ0v) is 15.0. The summed E-state index contributed by atoms with van der Waals surface area (Å²) in [5.41, 5.74) is 0.135. The van der Waals surface area contributed by atoms with E-state index in [-0.39, 0.29) is 45.4 Å². The van der Waals surface area contributed by atoms with Crippen molar-refractivity contribution in [2.45, 2.75) is 18.9 Å². The molecule has 0 spiro atoms. The molecule has 2 rings (SSSR count). The molecule has 22 heavy (non-hydrogen) atoms. The van der Waals surface area contributed by atoms with Crippen molar-refractivity contribution in [2.24, 2.45) is 0 Å². The van der Waals surface area contributed by atoms with Gasteiger partial charge in [0, 0.05) is 17.9 Å². The Morgan fingerprint density at radius 1 is 1.32 bits per heavy atom. The number of nitrogens with one attached hydrogen (secondary N) is 1. The van der Waals surface area contributed by atoms with Crippen LogP contribution in [0.25, 0.3) is 5.32 Å². The Morgan fingerprint density at radius 3 is 2.64 bits per heavy atom. The average Bonchev–Trinajstić information content (AvgIpc) is 2.49. The fourth-order valence-corrected chi connectivity index (χ4v) is 1.88. The van der Waals surface area contributed by atoms with E-state index in [9.17, 15) is 14.4 Å². The van der Waals surface area contributed by atoms with Gasteiger partial charge in [0.05, 0.1) is 14.2 Å². The monoisotopic (exact) mass is 474 g/mol. The van der Waals surface area contributed by atoms with E-state index >= 15 is 0 Å². The summed E-state index contributed by atoms with van der Waals surface area (Å²) in [5.74, 6) is -0.770. The van der Waals surface area contributed by atoms with Gasteiger partial charge in [-0.1, -0.05) is 12.1 Å². The van der Waals surface area contributed by atoms with E-state index in [1.165, 1.54) is 20.3 Å². The number of amides is 3. The van der Waals surface area contributed by atoms with E-state index in [0.717, 1.165) is 0 Å². The number of carbonyl (C=O) groups is 3. The van der Waals surface area contributed by atoms with Crippen molar-refractivity contribution < 1.29 is 44.9 Å². The summed E-state index contributed by atoms with van der Waals surface area (Å²) in [6.45, 7) is 0. The molecule has 1 aromatic carbocycles. The minimum absolute atomic E-state index is 0. The molecule has 0 saturated carbocycles. The summed E-state index contributed by atoms with van der Waals surface area (Å²) in [4.78, 5) is 34.7. The van der Waals surface area contributed by atoms with Gasteiger partial charge in [-0.2, -0.15) is 0 Å². The molecule has 1 aliphatic rings. The van der Waals surface area contributed by atoms with Crippen LogP contribution in [-0.4, -0.2) is 38.0 Å². The molecule has 1 N–H and O–H groups in total. The van der Waals surface area contributed by atoms with Gasteiger partial charge < -0.3 is 19.6 Å². The molecule has 1 unspecified atom stereocenters. The molecule has 1 fully saturated rings. The van der Waals surface area contributed by atoms with Crippen molar-refractivity contribution in [1.29, 1.82) is 0 Å². The average molecular weight is 474 g/mol. The second kappa shape index (κ2) is 7.94. The number of ether oxygens (including phenoxy) is 2. The molecule has 0 radical (unpaired) electrons. The van der Waals surface area contributed by atoms with Gasteiger partial charge in [0.15, 0.2) is 0 Å². The maximum Gasteiger partial charge on any atom is 2.00 e. The van der Waals surface area contributed by atoms with Crippen molar-refractivity contribution in [3.8, 4) is 11.5 Å². The number of carbonyl (C=O) groups excluding carboxylic acids is 3. The van der Waals surface area contributed by atoms with Crippen molar-refractivity contribution in [2.75, 3.05) is 14.2 Å². The molecule has 7 nitrogen and oxygen atoms in total. The Kier molecular flexibility index (Phi) is 6.56. The van der Waals surface area contributed by atoms with E-state index in [0.29, 0.717) is 11.5 Å². The summed E-state index contributed by atoms with van der Waals surface area (Å²) in [6, 6.07) is 4.91. The van der Waals surface area contributed by atoms with Crippen LogP contribution in [0.15, 0.2) is 12.1 Å². The van der Waals surface area contributed by atoms with E-state index in [1.807, 2.05) is 0 Å². The minimum Gasteiger partial charge on any atom is -0.684 e. The zero-order chi connectivity index (χ0) is 15.4. The van der Waals surface area contributed by atoms with Gasteiger partial charge in [-0.3, -0.25) is 14.9 Å².